The predicted molar refractivity (Wildman–Crippen MR) is 158 cm³/mol. The number of ether oxygens (including phenoxy) is 3. The first-order valence-electron chi connectivity index (χ1n) is 14.1. The lowest BCUT2D eigenvalue weighted by molar-refractivity contribution is -0.153. The quantitative estimate of drug-likeness (QED) is 0.200. The minimum Gasteiger partial charge on any atom is -0.394 e. The van der Waals surface area contributed by atoms with E-state index in [4.69, 9.17) is 14.2 Å². The Labute approximate surface area is 247 Å². The van der Waals surface area contributed by atoms with E-state index in [9.17, 15) is 9.90 Å². The maximum atomic E-state index is 13.0. The summed E-state index contributed by atoms with van der Waals surface area (Å²) in [5.41, 5.74) is 3.13. The van der Waals surface area contributed by atoms with Gasteiger partial charge < -0.3 is 24.2 Å². The van der Waals surface area contributed by atoms with Crippen LogP contribution in [0.2, 0.25) is 0 Å². The van der Waals surface area contributed by atoms with Crippen LogP contribution in [0.25, 0.3) is 11.2 Å². The van der Waals surface area contributed by atoms with Crippen LogP contribution in [0.3, 0.4) is 0 Å². The molecule has 7 rings (SSSR count). The summed E-state index contributed by atoms with van der Waals surface area (Å²) in [6.07, 6.45) is 0.167. The molecular weight excluding hydrogens is 548 g/mol. The second-order valence-electron chi connectivity index (χ2n) is 10.5. The van der Waals surface area contributed by atoms with Gasteiger partial charge in [0.25, 0.3) is 5.56 Å². The zero-order chi connectivity index (χ0) is 29.2. The third kappa shape index (κ3) is 5.58. The molecule has 4 heterocycles. The highest BCUT2D eigenvalue weighted by molar-refractivity contribution is 5.71. The van der Waals surface area contributed by atoms with Gasteiger partial charge in [0.1, 0.15) is 18.3 Å². The van der Waals surface area contributed by atoms with E-state index in [2.05, 4.69) is 49.1 Å². The van der Waals surface area contributed by atoms with Crippen molar-refractivity contribution in [2.24, 2.45) is 4.99 Å². The molecule has 11 nitrogen and oxygen atoms in total. The first-order valence-corrected chi connectivity index (χ1v) is 14.1. The molecule has 43 heavy (non-hydrogen) atoms. The van der Waals surface area contributed by atoms with Crippen LogP contribution >= 0.6 is 0 Å². The van der Waals surface area contributed by atoms with Crippen molar-refractivity contribution in [3.8, 4) is 0 Å². The maximum absolute atomic E-state index is 13.0. The lowest BCUT2D eigenvalue weighted by Gasteiger charge is -2.21. The molecule has 0 radical (unpaired) electrons. The number of aromatic amines is 1. The highest BCUT2D eigenvalue weighted by Crippen LogP contribution is 2.44. The highest BCUT2D eigenvalue weighted by Gasteiger charge is 2.53. The van der Waals surface area contributed by atoms with Crippen LogP contribution in [0.5, 0.6) is 0 Å². The third-order valence-corrected chi connectivity index (χ3v) is 7.59. The Hall–Kier alpha value is -4.68. The summed E-state index contributed by atoms with van der Waals surface area (Å²) in [6.45, 7) is 0.980. The van der Waals surface area contributed by atoms with Crippen molar-refractivity contribution >= 4 is 23.5 Å². The van der Waals surface area contributed by atoms with Crippen LogP contribution in [0, 0.1) is 0 Å². The molecule has 11 heteroatoms. The van der Waals surface area contributed by atoms with E-state index in [-0.39, 0.29) is 18.1 Å². The van der Waals surface area contributed by atoms with Crippen LogP contribution in [-0.2, 0) is 27.3 Å². The Morgan fingerprint density at radius 2 is 1.51 bits per heavy atom. The number of nitrogens with one attached hydrogen (secondary N) is 1. The minimum atomic E-state index is -0.723. The van der Waals surface area contributed by atoms with Crippen molar-refractivity contribution in [2.75, 3.05) is 6.61 Å². The Morgan fingerprint density at radius 3 is 2.16 bits per heavy atom. The molecule has 3 aromatic carbocycles. The van der Waals surface area contributed by atoms with Gasteiger partial charge >= 0.3 is 0 Å². The molecule has 2 aromatic heterocycles. The van der Waals surface area contributed by atoms with Gasteiger partial charge in [0.15, 0.2) is 23.7 Å². The molecule has 2 fully saturated rings. The monoisotopic (exact) mass is 578 g/mol. The van der Waals surface area contributed by atoms with E-state index in [1.165, 1.54) is 6.33 Å². The number of aliphatic hydroxyl groups excluding tert-OH is 1. The number of hydrogen-bond donors (Lipinski definition) is 2. The summed E-state index contributed by atoms with van der Waals surface area (Å²) in [6, 6.07) is 29.8. The molecule has 5 atom stereocenters. The number of fused-ring (bicyclic) bond motifs is 2. The summed E-state index contributed by atoms with van der Waals surface area (Å²) in [5.74, 6) is 0.129. The molecule has 218 valence electrons. The Kier molecular flexibility index (Phi) is 7.52. The lowest BCUT2D eigenvalue weighted by atomic mass is 10.1. The topological polar surface area (TPSA) is 127 Å². The summed E-state index contributed by atoms with van der Waals surface area (Å²) >= 11 is 0. The van der Waals surface area contributed by atoms with Crippen LogP contribution in [0.1, 0.15) is 29.2 Å². The Bertz CT molecular complexity index is 1720. The third-order valence-electron chi connectivity index (χ3n) is 7.59. The molecule has 2 saturated heterocycles. The average Bonchev–Trinajstić information content (AvgIpc) is 3.76. The van der Waals surface area contributed by atoms with Crippen molar-refractivity contribution in [1.82, 2.24) is 24.4 Å². The summed E-state index contributed by atoms with van der Waals surface area (Å²) in [7, 11) is 0. The maximum Gasteiger partial charge on any atom is 0.280 e. The lowest BCUT2D eigenvalue weighted by Crippen LogP contribution is -2.30. The molecule has 2 N–H and O–H groups in total. The summed E-state index contributed by atoms with van der Waals surface area (Å²) in [5, 5.41) is 10.0. The number of benzene rings is 3. The van der Waals surface area contributed by atoms with Crippen molar-refractivity contribution in [3.63, 3.8) is 0 Å². The van der Waals surface area contributed by atoms with E-state index in [0.717, 1.165) is 16.7 Å². The van der Waals surface area contributed by atoms with Gasteiger partial charge in [-0.3, -0.25) is 14.3 Å². The van der Waals surface area contributed by atoms with Crippen LogP contribution in [0.15, 0.2) is 107 Å². The van der Waals surface area contributed by atoms with Crippen molar-refractivity contribution in [2.45, 2.75) is 43.9 Å². The summed E-state index contributed by atoms with van der Waals surface area (Å²) in [4.78, 5) is 31.3. The molecule has 5 aromatic rings. The second kappa shape index (κ2) is 11.9. The van der Waals surface area contributed by atoms with Crippen molar-refractivity contribution < 1.29 is 19.3 Å². The van der Waals surface area contributed by atoms with E-state index in [1.54, 1.807) is 10.9 Å². The largest absolute Gasteiger partial charge is 0.394 e. The average molecular weight is 579 g/mol. The van der Waals surface area contributed by atoms with Gasteiger partial charge in [-0.15, -0.1) is 0 Å². The fourth-order valence-corrected chi connectivity index (χ4v) is 5.54. The van der Waals surface area contributed by atoms with Gasteiger partial charge in [-0.1, -0.05) is 91.0 Å². The first-order chi connectivity index (χ1) is 21.2. The molecule has 0 bridgehead atoms. The van der Waals surface area contributed by atoms with E-state index in [1.807, 2.05) is 66.7 Å². The van der Waals surface area contributed by atoms with Crippen molar-refractivity contribution in [1.29, 1.82) is 0 Å². The zero-order valence-electron chi connectivity index (χ0n) is 23.1. The number of hydrogen-bond acceptors (Lipinski definition) is 8. The Morgan fingerprint density at radius 1 is 0.884 bits per heavy atom. The van der Waals surface area contributed by atoms with Crippen LogP contribution in [-0.4, -0.2) is 60.8 Å². The fourth-order valence-electron chi connectivity index (χ4n) is 5.54. The van der Waals surface area contributed by atoms with Gasteiger partial charge in [0.2, 0.25) is 5.95 Å². The van der Waals surface area contributed by atoms with Gasteiger partial charge in [0.05, 0.1) is 19.3 Å². The number of imidazole rings is 1. The predicted octanol–water partition coefficient (Wildman–Crippen LogP) is 3.85. The van der Waals surface area contributed by atoms with Gasteiger partial charge in [0, 0.05) is 18.7 Å². The van der Waals surface area contributed by atoms with E-state index in [0.29, 0.717) is 18.7 Å². The normalized spacial score (nSPS) is 23.2. The molecule has 0 amide bonds. The first kappa shape index (κ1) is 27.2. The number of nitrogens with zero attached hydrogens (tertiary/aromatic N) is 5. The zero-order valence-corrected chi connectivity index (χ0v) is 23.1. The van der Waals surface area contributed by atoms with Crippen LogP contribution < -0.4 is 5.56 Å². The molecule has 2 aliphatic rings. The van der Waals surface area contributed by atoms with Crippen molar-refractivity contribution in [3.05, 3.63) is 124 Å². The fraction of sp³-hybridized carbons (Fsp3) is 0.250. The molecule has 0 saturated carbocycles. The number of H-pyrrole nitrogens is 1. The number of aromatic nitrogens is 4. The minimum absolute atomic E-state index is 0.129. The number of aliphatic hydroxyl groups is 1. The Balaban J connectivity index is 1.18. The standard InChI is InChI=1S/C32H30N6O5/c39-18-24-26-27(43-31(42-26)23-14-8-3-9-15-23)30(41-24)38-20-33-25-28(38)35-32(36-29(25)40)34-19-37(16-21-10-4-1-5-11-21)17-22-12-6-2-7-13-22/h1-15,19-20,24,26-27,30-31,39H,16-18H2,(H,35,36,40)/b34-19+/t24-,26-,27-,30-,31?/m1/s1. The SMILES string of the molecule is O=c1[nH]c(/N=C/N(Cc2ccccc2)Cc2ccccc2)nc2c1ncn2[C@@H]1O[C@H](CO)[C@H]2OC(c3ccccc3)O[C@H]21. The molecular formula is C32H30N6O5. The van der Waals surface area contributed by atoms with Gasteiger partial charge in [-0.05, 0) is 11.1 Å². The molecule has 0 aliphatic carbocycles. The number of aliphatic imine (C=N–C) groups is 1. The number of rotatable bonds is 9. The molecule has 1 unspecified atom stereocenters. The van der Waals surface area contributed by atoms with E-state index < -0.39 is 36.4 Å². The summed E-state index contributed by atoms with van der Waals surface area (Å²) < 4.78 is 20.3. The molecule has 2 aliphatic heterocycles. The van der Waals surface area contributed by atoms with E-state index >= 15 is 0 Å². The van der Waals surface area contributed by atoms with Gasteiger partial charge in [-0.25, -0.2) is 9.98 Å². The molecule has 0 spiro atoms. The second-order valence-corrected chi connectivity index (χ2v) is 10.5. The van der Waals surface area contributed by atoms with Gasteiger partial charge in [-0.2, -0.15) is 4.98 Å². The smallest absolute Gasteiger partial charge is 0.280 e. The van der Waals surface area contributed by atoms with Crippen LogP contribution in [0.4, 0.5) is 5.95 Å². The highest BCUT2D eigenvalue weighted by atomic mass is 16.8.